The molecule has 21 heavy (non-hydrogen) atoms. The van der Waals surface area contributed by atoms with Gasteiger partial charge in [-0.15, -0.1) is 0 Å². The predicted molar refractivity (Wildman–Crippen MR) is 78.6 cm³/mol. The molecule has 112 valence electrons. The third-order valence-electron chi connectivity index (χ3n) is 4.78. The van der Waals surface area contributed by atoms with E-state index in [1.165, 1.54) is 0 Å². The number of fused-ring (bicyclic) bond motifs is 1. The maximum atomic E-state index is 12.3. The lowest BCUT2D eigenvalue weighted by Crippen LogP contribution is -2.69. The molecule has 4 heteroatoms. The van der Waals surface area contributed by atoms with Crippen molar-refractivity contribution < 1.29 is 14.3 Å². The van der Waals surface area contributed by atoms with Gasteiger partial charge in [-0.05, 0) is 18.4 Å². The molecule has 1 aromatic rings. The Morgan fingerprint density at radius 3 is 2.76 bits per heavy atom. The van der Waals surface area contributed by atoms with Crippen molar-refractivity contribution in [2.75, 3.05) is 6.54 Å². The van der Waals surface area contributed by atoms with Crippen molar-refractivity contribution >= 4 is 11.9 Å². The average Bonchev–Trinajstić information content (AvgIpc) is 2.52. The summed E-state index contributed by atoms with van der Waals surface area (Å²) >= 11 is 0. The second-order valence-electron chi connectivity index (χ2n) is 6.51. The van der Waals surface area contributed by atoms with Crippen LogP contribution in [0.25, 0.3) is 0 Å². The summed E-state index contributed by atoms with van der Waals surface area (Å²) < 4.78 is 5.42. The lowest BCUT2D eigenvalue weighted by atomic mass is 9.55. The molecule has 1 amide bonds. The van der Waals surface area contributed by atoms with Crippen LogP contribution in [0, 0.1) is 11.3 Å². The maximum absolute atomic E-state index is 12.3. The first-order valence-electron chi connectivity index (χ1n) is 7.53. The molecule has 0 bridgehead atoms. The minimum Gasteiger partial charge on any atom is -0.445 e. The predicted octanol–water partition coefficient (Wildman–Crippen LogP) is 3.01. The largest absolute Gasteiger partial charge is 0.445 e. The summed E-state index contributed by atoms with van der Waals surface area (Å²) in [4.78, 5) is 26.2. The minimum absolute atomic E-state index is 0.00187. The number of hydrogen-bond donors (Lipinski definition) is 0. The number of amides is 1. The standard InChI is InChI=1S/C17H21NO3/c1-17(2)14-13(15(17)19)9-6-10-18(14)16(20)21-11-12-7-4-3-5-8-12/h3-5,7-8,13-14H,6,9-11H2,1-2H3/t13-,14-/m0/s1. The Labute approximate surface area is 125 Å². The van der Waals surface area contributed by atoms with Gasteiger partial charge in [0.15, 0.2) is 0 Å². The molecule has 1 saturated heterocycles. The third-order valence-corrected chi connectivity index (χ3v) is 4.78. The summed E-state index contributed by atoms with van der Waals surface area (Å²) in [7, 11) is 0. The summed E-state index contributed by atoms with van der Waals surface area (Å²) in [6, 6.07) is 9.65. The molecule has 2 fully saturated rings. The SMILES string of the molecule is CC1(C)C(=O)[C@H]2CCCN(C(=O)OCc3ccccc3)[C@@H]21. The summed E-state index contributed by atoms with van der Waals surface area (Å²) in [6.45, 7) is 4.83. The molecule has 0 radical (unpaired) electrons. The topological polar surface area (TPSA) is 46.6 Å². The van der Waals surface area contributed by atoms with Crippen molar-refractivity contribution in [1.82, 2.24) is 4.90 Å². The van der Waals surface area contributed by atoms with E-state index in [1.807, 2.05) is 44.2 Å². The highest BCUT2D eigenvalue weighted by Gasteiger charge is 2.60. The van der Waals surface area contributed by atoms with Gasteiger partial charge in [-0.1, -0.05) is 44.2 Å². The van der Waals surface area contributed by atoms with E-state index in [4.69, 9.17) is 4.74 Å². The Bertz CT molecular complexity index is 552. The quantitative estimate of drug-likeness (QED) is 0.840. The van der Waals surface area contributed by atoms with E-state index in [2.05, 4.69) is 0 Å². The summed E-state index contributed by atoms with van der Waals surface area (Å²) in [6.07, 6.45) is 1.48. The second-order valence-corrected chi connectivity index (χ2v) is 6.51. The fourth-order valence-electron chi connectivity index (χ4n) is 3.70. The van der Waals surface area contributed by atoms with Gasteiger partial charge in [0.05, 0.1) is 6.04 Å². The Hall–Kier alpha value is -1.84. The van der Waals surface area contributed by atoms with Gasteiger partial charge in [0.25, 0.3) is 0 Å². The smallest absolute Gasteiger partial charge is 0.410 e. The molecule has 1 saturated carbocycles. The zero-order chi connectivity index (χ0) is 15.0. The molecular weight excluding hydrogens is 266 g/mol. The molecule has 0 unspecified atom stereocenters. The van der Waals surface area contributed by atoms with Gasteiger partial charge in [0.2, 0.25) is 0 Å². The number of hydrogen-bond acceptors (Lipinski definition) is 3. The monoisotopic (exact) mass is 287 g/mol. The highest BCUT2D eigenvalue weighted by molar-refractivity contribution is 5.95. The van der Waals surface area contributed by atoms with Crippen molar-refractivity contribution in [3.05, 3.63) is 35.9 Å². The number of carbonyl (C=O) groups is 2. The lowest BCUT2D eigenvalue weighted by molar-refractivity contribution is -0.159. The first-order chi connectivity index (χ1) is 10.0. The van der Waals surface area contributed by atoms with Crippen LogP contribution in [0.4, 0.5) is 4.79 Å². The van der Waals surface area contributed by atoms with Crippen LogP contribution in [-0.4, -0.2) is 29.4 Å². The van der Waals surface area contributed by atoms with Gasteiger partial charge in [0, 0.05) is 17.9 Å². The highest BCUT2D eigenvalue weighted by Crippen LogP contribution is 2.49. The Morgan fingerprint density at radius 1 is 1.33 bits per heavy atom. The molecule has 0 spiro atoms. The molecule has 0 N–H and O–H groups in total. The first kappa shape index (κ1) is 14.1. The van der Waals surface area contributed by atoms with Crippen LogP contribution in [0.2, 0.25) is 0 Å². The minimum atomic E-state index is -0.434. The fraction of sp³-hybridized carbons (Fsp3) is 0.529. The van der Waals surface area contributed by atoms with E-state index in [0.29, 0.717) is 6.54 Å². The molecule has 2 atom stereocenters. The maximum Gasteiger partial charge on any atom is 0.410 e. The molecule has 4 nitrogen and oxygen atoms in total. The Morgan fingerprint density at radius 2 is 2.05 bits per heavy atom. The van der Waals surface area contributed by atoms with E-state index in [9.17, 15) is 9.59 Å². The number of ketones is 1. The summed E-state index contributed by atoms with van der Waals surface area (Å²) in [5.74, 6) is 0.297. The molecule has 1 aromatic carbocycles. The van der Waals surface area contributed by atoms with Gasteiger partial charge in [-0.25, -0.2) is 4.79 Å². The van der Waals surface area contributed by atoms with Crippen molar-refractivity contribution in [3.63, 3.8) is 0 Å². The number of nitrogens with zero attached hydrogens (tertiary/aromatic N) is 1. The van der Waals surface area contributed by atoms with Crippen LogP contribution in [0.3, 0.4) is 0 Å². The molecular formula is C17H21NO3. The molecule has 1 heterocycles. The summed E-state index contributed by atoms with van der Waals surface area (Å²) in [5, 5.41) is 0. The normalized spacial score (nSPS) is 26.8. The Kier molecular flexibility index (Phi) is 3.47. The first-order valence-corrected chi connectivity index (χ1v) is 7.53. The number of ether oxygens (including phenoxy) is 1. The number of carbonyl (C=O) groups excluding carboxylic acids is 2. The van der Waals surface area contributed by atoms with Gasteiger partial charge in [-0.2, -0.15) is 0 Å². The van der Waals surface area contributed by atoms with Crippen LogP contribution < -0.4 is 0 Å². The third kappa shape index (κ3) is 2.33. The number of rotatable bonds is 2. The van der Waals surface area contributed by atoms with Crippen molar-refractivity contribution in [1.29, 1.82) is 0 Å². The lowest BCUT2D eigenvalue weighted by Gasteiger charge is -2.56. The fourth-order valence-corrected chi connectivity index (χ4v) is 3.70. The van der Waals surface area contributed by atoms with E-state index < -0.39 is 5.41 Å². The van der Waals surface area contributed by atoms with E-state index in [-0.39, 0.29) is 30.4 Å². The van der Waals surface area contributed by atoms with Crippen LogP contribution in [0.1, 0.15) is 32.3 Å². The van der Waals surface area contributed by atoms with Gasteiger partial charge in [-0.3, -0.25) is 4.79 Å². The van der Waals surface area contributed by atoms with Gasteiger partial charge < -0.3 is 9.64 Å². The zero-order valence-corrected chi connectivity index (χ0v) is 12.5. The Balaban J connectivity index is 1.65. The van der Waals surface area contributed by atoms with Crippen molar-refractivity contribution in [2.45, 2.75) is 39.3 Å². The average molecular weight is 287 g/mol. The second kappa shape index (κ2) is 5.17. The number of piperidine rings is 1. The number of Topliss-reactive ketones (excluding diaryl/α,β-unsaturated/α-hetero) is 1. The van der Waals surface area contributed by atoms with E-state index in [1.54, 1.807) is 4.90 Å². The number of benzene rings is 1. The van der Waals surface area contributed by atoms with Gasteiger partial charge in [0.1, 0.15) is 12.4 Å². The van der Waals surface area contributed by atoms with Crippen molar-refractivity contribution in [3.8, 4) is 0 Å². The molecule has 0 aromatic heterocycles. The van der Waals surface area contributed by atoms with Crippen LogP contribution in [-0.2, 0) is 16.1 Å². The summed E-state index contributed by atoms with van der Waals surface area (Å²) in [5.41, 5.74) is 0.542. The molecule has 1 aliphatic carbocycles. The van der Waals surface area contributed by atoms with Crippen LogP contribution >= 0.6 is 0 Å². The molecule has 2 aliphatic rings. The van der Waals surface area contributed by atoms with E-state index >= 15 is 0 Å². The molecule has 1 aliphatic heterocycles. The van der Waals surface area contributed by atoms with E-state index in [0.717, 1.165) is 18.4 Å². The van der Waals surface area contributed by atoms with Crippen LogP contribution in [0.5, 0.6) is 0 Å². The number of likely N-dealkylation sites (tertiary alicyclic amines) is 1. The van der Waals surface area contributed by atoms with Gasteiger partial charge >= 0.3 is 6.09 Å². The van der Waals surface area contributed by atoms with Crippen molar-refractivity contribution in [2.24, 2.45) is 11.3 Å². The van der Waals surface area contributed by atoms with Crippen LogP contribution in [0.15, 0.2) is 30.3 Å². The molecule has 3 rings (SSSR count). The highest BCUT2D eigenvalue weighted by atomic mass is 16.6. The zero-order valence-electron chi connectivity index (χ0n) is 12.5.